The van der Waals surface area contributed by atoms with E-state index in [1.54, 1.807) is 14.2 Å². The van der Waals surface area contributed by atoms with E-state index in [2.05, 4.69) is 22.8 Å². The first-order valence-electron chi connectivity index (χ1n) is 13.4. The van der Waals surface area contributed by atoms with Gasteiger partial charge in [-0.2, -0.15) is 0 Å². The Balaban J connectivity index is 1.47. The fourth-order valence-corrected chi connectivity index (χ4v) is 5.17. The summed E-state index contributed by atoms with van der Waals surface area (Å²) in [4.78, 5) is 20.1. The smallest absolute Gasteiger partial charge is 0.258 e. The summed E-state index contributed by atoms with van der Waals surface area (Å²) in [5, 5.41) is 9.77. The molecule has 202 valence electrons. The number of fused-ring (bicyclic) bond motifs is 1. The minimum atomic E-state index is -0.487. The standard InChI is InChI=1S/C29H41N3O5/c1-5-24(33)20-37-25-8-9-26-22(17-25)11-14-32(29(26)34)23-7-10-27(28(18-23)36-4)31-13-6-12-30(15-16-31)21(2)19-35-3/h7-10,17-18,21,24,33H,5-6,11-16,19-20H2,1-4H3/t21?,24-/m0/s1. The number of amides is 1. The molecule has 4 rings (SSSR count). The van der Waals surface area contributed by atoms with Gasteiger partial charge in [0.25, 0.3) is 5.91 Å². The summed E-state index contributed by atoms with van der Waals surface area (Å²) < 4.78 is 16.9. The fraction of sp³-hybridized carbons (Fsp3) is 0.552. The number of ether oxygens (including phenoxy) is 3. The van der Waals surface area contributed by atoms with Crippen LogP contribution in [0.1, 0.15) is 42.6 Å². The molecule has 0 aromatic heterocycles. The molecule has 2 atom stereocenters. The first-order valence-corrected chi connectivity index (χ1v) is 13.4. The topological polar surface area (TPSA) is 74.7 Å². The number of rotatable bonds is 10. The highest BCUT2D eigenvalue weighted by Gasteiger charge is 2.27. The Morgan fingerprint density at radius 1 is 1.00 bits per heavy atom. The zero-order valence-electron chi connectivity index (χ0n) is 22.6. The second-order valence-electron chi connectivity index (χ2n) is 9.94. The lowest BCUT2D eigenvalue weighted by atomic mass is 9.98. The van der Waals surface area contributed by atoms with Gasteiger partial charge in [0, 0.05) is 63.2 Å². The van der Waals surface area contributed by atoms with E-state index in [1.165, 1.54) is 0 Å². The Kier molecular flexibility index (Phi) is 9.29. The van der Waals surface area contributed by atoms with Crippen LogP contribution in [0.25, 0.3) is 0 Å². The molecule has 8 heteroatoms. The van der Waals surface area contributed by atoms with Crippen LogP contribution in [0.2, 0.25) is 0 Å². The average molecular weight is 512 g/mol. The van der Waals surface area contributed by atoms with E-state index in [0.29, 0.717) is 30.3 Å². The molecule has 8 nitrogen and oxygen atoms in total. The van der Waals surface area contributed by atoms with Gasteiger partial charge in [-0.25, -0.2) is 0 Å². The molecule has 0 radical (unpaired) electrons. The van der Waals surface area contributed by atoms with Crippen LogP contribution >= 0.6 is 0 Å². The van der Waals surface area contributed by atoms with E-state index in [0.717, 1.165) is 68.3 Å². The molecule has 37 heavy (non-hydrogen) atoms. The number of nitrogens with zero attached hydrogens (tertiary/aromatic N) is 3. The van der Waals surface area contributed by atoms with Crippen molar-refractivity contribution in [3.8, 4) is 11.5 Å². The molecular formula is C29H41N3O5. The molecule has 1 N–H and O–H groups in total. The summed E-state index contributed by atoms with van der Waals surface area (Å²) in [5.41, 5.74) is 3.57. The minimum absolute atomic E-state index is 0.0197. The third-order valence-corrected chi connectivity index (χ3v) is 7.45. The molecule has 2 heterocycles. The number of hydrogen-bond acceptors (Lipinski definition) is 7. The lowest BCUT2D eigenvalue weighted by Crippen LogP contribution is -2.39. The molecule has 0 aliphatic carbocycles. The van der Waals surface area contributed by atoms with Gasteiger partial charge in [-0.1, -0.05) is 6.92 Å². The first kappa shape index (κ1) is 27.2. The largest absolute Gasteiger partial charge is 0.495 e. The summed E-state index contributed by atoms with van der Waals surface area (Å²) in [7, 11) is 3.45. The molecule has 2 aliphatic rings. The van der Waals surface area contributed by atoms with E-state index in [9.17, 15) is 9.90 Å². The molecule has 2 aromatic rings. The van der Waals surface area contributed by atoms with E-state index in [-0.39, 0.29) is 12.5 Å². The number of carbonyl (C=O) groups is 1. The van der Waals surface area contributed by atoms with E-state index >= 15 is 0 Å². The van der Waals surface area contributed by atoms with Crippen molar-refractivity contribution in [1.29, 1.82) is 0 Å². The van der Waals surface area contributed by atoms with Crippen LogP contribution in [0.15, 0.2) is 36.4 Å². The molecule has 2 aromatic carbocycles. The number of methoxy groups -OCH3 is 2. The van der Waals surface area contributed by atoms with Gasteiger partial charge in [0.15, 0.2) is 0 Å². The van der Waals surface area contributed by atoms with E-state index < -0.39 is 6.10 Å². The van der Waals surface area contributed by atoms with Crippen LogP contribution in [-0.2, 0) is 11.2 Å². The Hall–Kier alpha value is -2.81. The van der Waals surface area contributed by atoms with Gasteiger partial charge in [-0.15, -0.1) is 0 Å². The predicted octanol–water partition coefficient (Wildman–Crippen LogP) is 3.59. The molecule has 1 unspecified atom stereocenters. The highest BCUT2D eigenvalue weighted by molar-refractivity contribution is 6.08. The Labute approximate surface area is 220 Å². The van der Waals surface area contributed by atoms with Gasteiger partial charge in [-0.05, 0) is 62.1 Å². The molecule has 1 amide bonds. The second kappa shape index (κ2) is 12.6. The van der Waals surface area contributed by atoms with Crippen LogP contribution in [0.5, 0.6) is 11.5 Å². The zero-order chi connectivity index (χ0) is 26.4. The van der Waals surface area contributed by atoms with Gasteiger partial charge in [-0.3, -0.25) is 9.69 Å². The number of carbonyl (C=O) groups excluding carboxylic acids is 1. The summed E-state index contributed by atoms with van der Waals surface area (Å²) in [5.74, 6) is 1.45. The Bertz CT molecular complexity index is 1060. The van der Waals surface area contributed by atoms with Gasteiger partial charge in [0.05, 0.1) is 25.5 Å². The van der Waals surface area contributed by atoms with Crippen molar-refractivity contribution < 1.29 is 24.1 Å². The number of aliphatic hydroxyl groups excluding tert-OH is 1. The highest BCUT2D eigenvalue weighted by atomic mass is 16.5. The first-order chi connectivity index (χ1) is 17.9. The van der Waals surface area contributed by atoms with Crippen LogP contribution in [0.3, 0.4) is 0 Å². The number of anilines is 2. The summed E-state index contributed by atoms with van der Waals surface area (Å²) in [6, 6.07) is 12.1. The number of aliphatic hydroxyl groups is 1. The minimum Gasteiger partial charge on any atom is -0.495 e. The van der Waals surface area contributed by atoms with Crippen LogP contribution in [-0.4, -0.2) is 88.2 Å². The Morgan fingerprint density at radius 2 is 1.84 bits per heavy atom. The molecule has 1 saturated heterocycles. The monoisotopic (exact) mass is 511 g/mol. The van der Waals surface area contributed by atoms with Crippen molar-refractivity contribution in [2.75, 3.05) is 70.0 Å². The quantitative estimate of drug-likeness (QED) is 0.523. The van der Waals surface area contributed by atoms with E-state index in [1.807, 2.05) is 42.2 Å². The summed E-state index contributed by atoms with van der Waals surface area (Å²) >= 11 is 0. The summed E-state index contributed by atoms with van der Waals surface area (Å²) in [6.07, 6.45) is 1.97. The molecule has 0 spiro atoms. The fourth-order valence-electron chi connectivity index (χ4n) is 5.17. The van der Waals surface area contributed by atoms with Crippen molar-refractivity contribution in [3.63, 3.8) is 0 Å². The van der Waals surface area contributed by atoms with Crippen molar-refractivity contribution in [1.82, 2.24) is 4.90 Å². The highest BCUT2D eigenvalue weighted by Crippen LogP contribution is 2.35. The lowest BCUT2D eigenvalue weighted by Gasteiger charge is -2.31. The number of hydrogen-bond donors (Lipinski definition) is 1. The van der Waals surface area contributed by atoms with E-state index in [4.69, 9.17) is 14.2 Å². The van der Waals surface area contributed by atoms with Gasteiger partial charge in [0.2, 0.25) is 0 Å². The van der Waals surface area contributed by atoms with Crippen molar-refractivity contribution in [2.45, 2.75) is 45.3 Å². The maximum atomic E-state index is 13.4. The predicted molar refractivity (Wildman–Crippen MR) is 146 cm³/mol. The third kappa shape index (κ3) is 6.37. The average Bonchev–Trinajstić information content (AvgIpc) is 3.18. The van der Waals surface area contributed by atoms with Crippen molar-refractivity contribution in [2.24, 2.45) is 0 Å². The van der Waals surface area contributed by atoms with Crippen molar-refractivity contribution >= 4 is 17.3 Å². The van der Waals surface area contributed by atoms with Gasteiger partial charge in [0.1, 0.15) is 18.1 Å². The second-order valence-corrected chi connectivity index (χ2v) is 9.94. The zero-order valence-corrected chi connectivity index (χ0v) is 22.6. The van der Waals surface area contributed by atoms with Crippen LogP contribution < -0.4 is 19.3 Å². The van der Waals surface area contributed by atoms with Crippen molar-refractivity contribution in [3.05, 3.63) is 47.5 Å². The molecule has 0 saturated carbocycles. The Morgan fingerprint density at radius 3 is 2.59 bits per heavy atom. The van der Waals surface area contributed by atoms with Crippen LogP contribution in [0.4, 0.5) is 11.4 Å². The lowest BCUT2D eigenvalue weighted by molar-refractivity contribution is 0.0978. The van der Waals surface area contributed by atoms with Gasteiger partial charge < -0.3 is 29.1 Å². The van der Waals surface area contributed by atoms with Crippen LogP contribution in [0, 0.1) is 0 Å². The summed E-state index contributed by atoms with van der Waals surface area (Å²) in [6.45, 7) is 9.61. The maximum Gasteiger partial charge on any atom is 0.258 e. The molecule has 1 fully saturated rings. The van der Waals surface area contributed by atoms with Gasteiger partial charge >= 0.3 is 0 Å². The SMILES string of the molecule is CC[C@H](O)COc1ccc2c(c1)CCN(c1ccc(N3CCCN(C(C)COC)CC3)c(OC)c1)C2=O. The third-order valence-electron chi connectivity index (χ3n) is 7.45. The molecule has 2 aliphatic heterocycles. The maximum absolute atomic E-state index is 13.4. The molecule has 0 bridgehead atoms. The molecular weight excluding hydrogens is 470 g/mol. The normalized spacial score (nSPS) is 18.2. The number of benzene rings is 2.